The van der Waals surface area contributed by atoms with Gasteiger partial charge in [0, 0.05) is 35.6 Å². The number of aryl methyl sites for hydroxylation is 1. The molecule has 1 amide bonds. The van der Waals surface area contributed by atoms with E-state index in [9.17, 15) is 18.0 Å². The molecule has 3 rings (SSSR count). The molecule has 1 aromatic carbocycles. The maximum atomic E-state index is 13.0. The molecule has 0 aliphatic heterocycles. The van der Waals surface area contributed by atoms with Crippen LogP contribution in [0, 0.1) is 13.8 Å². The van der Waals surface area contributed by atoms with E-state index >= 15 is 0 Å². The number of nitrogens with zero attached hydrogens (tertiary/aromatic N) is 3. The summed E-state index contributed by atoms with van der Waals surface area (Å²) in [4.78, 5) is 16.1. The number of pyridine rings is 1. The van der Waals surface area contributed by atoms with Crippen LogP contribution >= 0.6 is 11.6 Å². The van der Waals surface area contributed by atoms with Crippen molar-refractivity contribution in [3.8, 4) is 5.69 Å². The highest BCUT2D eigenvalue weighted by molar-refractivity contribution is 6.30. The summed E-state index contributed by atoms with van der Waals surface area (Å²) in [5.41, 5.74) is 2.34. The number of nitrogens with one attached hydrogen (secondary N) is 2. The number of anilines is 1. The summed E-state index contributed by atoms with van der Waals surface area (Å²) in [5.74, 6) is -0.513. The number of benzene rings is 1. The highest BCUT2D eigenvalue weighted by Crippen LogP contribution is 2.33. The normalized spacial score (nSPS) is 11.4. The molecular weight excluding hydrogens is 431 g/mol. The first-order chi connectivity index (χ1) is 14.7. The van der Waals surface area contributed by atoms with Crippen molar-refractivity contribution < 1.29 is 18.0 Å². The van der Waals surface area contributed by atoms with E-state index < -0.39 is 11.7 Å². The SMILES string of the molecule is Cc1nn(-c2ccc(Cl)cc2)c(C)c1CC(=O)NCCNc1ncccc1C(F)(F)F. The van der Waals surface area contributed by atoms with Gasteiger partial charge in [0.25, 0.3) is 0 Å². The Hall–Kier alpha value is -3.07. The Morgan fingerprint density at radius 1 is 1.13 bits per heavy atom. The van der Waals surface area contributed by atoms with E-state index in [1.807, 2.05) is 26.0 Å². The highest BCUT2D eigenvalue weighted by atomic mass is 35.5. The van der Waals surface area contributed by atoms with E-state index in [0.717, 1.165) is 28.7 Å². The lowest BCUT2D eigenvalue weighted by Crippen LogP contribution is -2.30. The van der Waals surface area contributed by atoms with E-state index in [-0.39, 0.29) is 31.2 Å². The number of carbonyl (C=O) groups excluding carboxylic acids is 1. The number of carbonyl (C=O) groups is 1. The fourth-order valence-corrected chi connectivity index (χ4v) is 3.27. The van der Waals surface area contributed by atoms with E-state index in [1.165, 1.54) is 12.3 Å². The van der Waals surface area contributed by atoms with E-state index in [2.05, 4.69) is 20.7 Å². The molecule has 31 heavy (non-hydrogen) atoms. The van der Waals surface area contributed by atoms with E-state index in [4.69, 9.17) is 11.6 Å². The van der Waals surface area contributed by atoms with Gasteiger partial charge >= 0.3 is 6.18 Å². The van der Waals surface area contributed by atoms with Crippen molar-refractivity contribution in [3.63, 3.8) is 0 Å². The predicted octanol–water partition coefficient (Wildman–Crippen LogP) is 4.33. The van der Waals surface area contributed by atoms with Gasteiger partial charge in [-0.15, -0.1) is 0 Å². The third-order valence-corrected chi connectivity index (χ3v) is 4.95. The number of aromatic nitrogens is 3. The van der Waals surface area contributed by atoms with Crippen molar-refractivity contribution in [2.45, 2.75) is 26.4 Å². The quantitative estimate of drug-likeness (QED) is 0.524. The van der Waals surface area contributed by atoms with Crippen LogP contribution < -0.4 is 10.6 Å². The molecule has 0 saturated carbocycles. The smallest absolute Gasteiger partial charge is 0.368 e. The molecule has 2 N–H and O–H groups in total. The van der Waals surface area contributed by atoms with Crippen molar-refractivity contribution in [3.05, 3.63) is 70.1 Å². The van der Waals surface area contributed by atoms with Gasteiger partial charge in [0.1, 0.15) is 5.82 Å². The van der Waals surface area contributed by atoms with Crippen LogP contribution in [0.5, 0.6) is 0 Å². The minimum Gasteiger partial charge on any atom is -0.368 e. The fraction of sp³-hybridized carbons (Fsp3) is 0.286. The minimum absolute atomic E-state index is 0.105. The zero-order chi connectivity index (χ0) is 22.6. The number of hydrogen-bond acceptors (Lipinski definition) is 4. The molecule has 0 aliphatic rings. The molecule has 0 bridgehead atoms. The van der Waals surface area contributed by atoms with Crippen LogP contribution in [0.1, 0.15) is 22.5 Å². The summed E-state index contributed by atoms with van der Waals surface area (Å²) in [7, 11) is 0. The Kier molecular flexibility index (Phi) is 6.84. The number of halogens is 4. The summed E-state index contributed by atoms with van der Waals surface area (Å²) >= 11 is 5.93. The van der Waals surface area contributed by atoms with Crippen LogP contribution in [0.15, 0.2) is 42.6 Å². The summed E-state index contributed by atoms with van der Waals surface area (Å²) in [6.07, 6.45) is -3.11. The van der Waals surface area contributed by atoms with Gasteiger partial charge in [-0.3, -0.25) is 4.79 Å². The Bertz CT molecular complexity index is 1060. The van der Waals surface area contributed by atoms with Crippen LogP contribution in [0.3, 0.4) is 0 Å². The van der Waals surface area contributed by atoms with E-state index in [0.29, 0.717) is 5.02 Å². The fourth-order valence-electron chi connectivity index (χ4n) is 3.15. The largest absolute Gasteiger partial charge is 0.419 e. The van der Waals surface area contributed by atoms with Gasteiger partial charge in [-0.2, -0.15) is 18.3 Å². The Morgan fingerprint density at radius 2 is 1.84 bits per heavy atom. The summed E-state index contributed by atoms with van der Waals surface area (Å²) in [6.45, 7) is 3.95. The Balaban J connectivity index is 1.57. The van der Waals surface area contributed by atoms with Crippen LogP contribution in [0.2, 0.25) is 5.02 Å². The molecule has 0 spiro atoms. The van der Waals surface area contributed by atoms with Crippen molar-refractivity contribution in [1.29, 1.82) is 0 Å². The monoisotopic (exact) mass is 451 g/mol. The van der Waals surface area contributed by atoms with Crippen LogP contribution in [0.4, 0.5) is 19.0 Å². The van der Waals surface area contributed by atoms with Crippen molar-refractivity contribution in [1.82, 2.24) is 20.1 Å². The Labute approximate surface area is 182 Å². The molecule has 0 unspecified atom stereocenters. The zero-order valence-corrected chi connectivity index (χ0v) is 17.7. The topological polar surface area (TPSA) is 71.8 Å². The molecule has 2 aromatic heterocycles. The number of rotatable bonds is 7. The van der Waals surface area contributed by atoms with Crippen molar-refractivity contribution in [2.24, 2.45) is 0 Å². The lowest BCUT2D eigenvalue weighted by molar-refractivity contribution is -0.137. The standard InChI is InChI=1S/C21H21ClF3N5O/c1-13-17(14(2)30(29-13)16-7-5-15(22)6-8-16)12-19(31)26-10-11-28-20-18(21(23,24)25)4-3-9-27-20/h3-9H,10-12H2,1-2H3,(H,26,31)(H,27,28). The van der Waals surface area contributed by atoms with E-state index in [1.54, 1.807) is 16.8 Å². The molecule has 0 saturated heterocycles. The zero-order valence-electron chi connectivity index (χ0n) is 16.9. The lowest BCUT2D eigenvalue weighted by atomic mass is 10.1. The second kappa shape index (κ2) is 9.38. The molecule has 0 atom stereocenters. The molecule has 164 valence electrons. The Morgan fingerprint density at radius 3 is 2.52 bits per heavy atom. The molecule has 10 heteroatoms. The van der Waals surface area contributed by atoms with Gasteiger partial charge in [0.2, 0.25) is 5.91 Å². The first-order valence-electron chi connectivity index (χ1n) is 9.50. The summed E-state index contributed by atoms with van der Waals surface area (Å²) < 4.78 is 40.7. The summed E-state index contributed by atoms with van der Waals surface area (Å²) in [5, 5.41) is 10.4. The predicted molar refractivity (Wildman–Crippen MR) is 112 cm³/mol. The first-order valence-corrected chi connectivity index (χ1v) is 9.88. The first kappa shape index (κ1) is 22.6. The van der Waals surface area contributed by atoms with Gasteiger partial charge < -0.3 is 10.6 Å². The summed E-state index contributed by atoms with van der Waals surface area (Å²) in [6, 6.07) is 9.38. The molecule has 0 aliphatic carbocycles. The highest BCUT2D eigenvalue weighted by Gasteiger charge is 2.33. The second-order valence-corrected chi connectivity index (χ2v) is 7.32. The average Bonchev–Trinajstić information content (AvgIpc) is 2.99. The van der Waals surface area contributed by atoms with Crippen LogP contribution in [0.25, 0.3) is 5.69 Å². The third kappa shape index (κ3) is 5.55. The molecule has 0 fully saturated rings. The van der Waals surface area contributed by atoms with Crippen molar-refractivity contribution in [2.75, 3.05) is 18.4 Å². The molecule has 6 nitrogen and oxygen atoms in total. The maximum absolute atomic E-state index is 13.0. The lowest BCUT2D eigenvalue weighted by Gasteiger charge is -2.13. The van der Waals surface area contributed by atoms with Gasteiger partial charge in [-0.05, 0) is 50.2 Å². The molecular formula is C21H21ClF3N5O. The number of amides is 1. The van der Waals surface area contributed by atoms with Crippen LogP contribution in [-0.4, -0.2) is 33.8 Å². The minimum atomic E-state index is -4.50. The maximum Gasteiger partial charge on any atom is 0.419 e. The van der Waals surface area contributed by atoms with Gasteiger partial charge in [0.15, 0.2) is 0 Å². The second-order valence-electron chi connectivity index (χ2n) is 6.89. The molecule has 3 aromatic rings. The van der Waals surface area contributed by atoms with Gasteiger partial charge in [0.05, 0.1) is 23.4 Å². The van der Waals surface area contributed by atoms with Gasteiger partial charge in [-0.1, -0.05) is 11.6 Å². The van der Waals surface area contributed by atoms with Gasteiger partial charge in [-0.25, -0.2) is 9.67 Å². The molecule has 2 heterocycles. The average molecular weight is 452 g/mol. The third-order valence-electron chi connectivity index (χ3n) is 4.70. The molecule has 0 radical (unpaired) electrons. The number of hydrogen-bond donors (Lipinski definition) is 2. The number of alkyl halides is 3. The van der Waals surface area contributed by atoms with Crippen molar-refractivity contribution >= 4 is 23.3 Å². The van der Waals surface area contributed by atoms with Crippen LogP contribution in [-0.2, 0) is 17.4 Å².